The largest absolute Gasteiger partial charge is 0.481 e. The summed E-state index contributed by atoms with van der Waals surface area (Å²) < 4.78 is 0. The SMILES string of the molecule is Cc1nc(-c2nc(-c3ccc(CC(=O)O)s3)cs2)cs1. The molecule has 0 bridgehead atoms. The maximum Gasteiger partial charge on any atom is 0.308 e. The normalized spacial score (nSPS) is 10.8. The minimum Gasteiger partial charge on any atom is -0.481 e. The first-order chi connectivity index (χ1) is 9.61. The van der Waals surface area contributed by atoms with E-state index in [9.17, 15) is 4.79 Å². The number of aromatic nitrogens is 2. The van der Waals surface area contributed by atoms with Crippen molar-refractivity contribution in [2.45, 2.75) is 13.3 Å². The molecule has 0 unspecified atom stereocenters. The van der Waals surface area contributed by atoms with Crippen molar-refractivity contribution in [2.75, 3.05) is 0 Å². The molecule has 0 amide bonds. The van der Waals surface area contributed by atoms with Gasteiger partial charge in [0.2, 0.25) is 0 Å². The fourth-order valence-corrected chi connectivity index (χ4v) is 4.21. The lowest BCUT2D eigenvalue weighted by molar-refractivity contribution is -0.136. The third-order valence-corrected chi connectivity index (χ3v) is 5.33. The number of carboxylic acid groups (broad SMARTS) is 1. The zero-order valence-electron chi connectivity index (χ0n) is 10.5. The molecular formula is C13H10N2O2S3. The average molecular weight is 322 g/mol. The molecule has 3 aromatic rings. The van der Waals surface area contributed by atoms with E-state index in [1.165, 1.54) is 11.3 Å². The van der Waals surface area contributed by atoms with Crippen LogP contribution in [0.15, 0.2) is 22.9 Å². The van der Waals surface area contributed by atoms with Crippen molar-refractivity contribution in [3.05, 3.63) is 32.8 Å². The van der Waals surface area contributed by atoms with E-state index in [0.29, 0.717) is 0 Å². The van der Waals surface area contributed by atoms with Gasteiger partial charge in [-0.25, -0.2) is 9.97 Å². The van der Waals surface area contributed by atoms with Gasteiger partial charge in [-0.15, -0.1) is 34.0 Å². The third-order valence-electron chi connectivity index (χ3n) is 2.58. The predicted octanol–water partition coefficient (Wildman–Crippen LogP) is 3.93. The Morgan fingerprint density at radius 1 is 1.20 bits per heavy atom. The standard InChI is InChI=1S/C13H10N2O2S3/c1-7-14-10(6-18-7)13-15-9(5-19-13)11-3-2-8(20-11)4-12(16)17/h2-3,5-6H,4H2,1H3,(H,16,17). The highest BCUT2D eigenvalue weighted by Gasteiger charge is 2.12. The summed E-state index contributed by atoms with van der Waals surface area (Å²) >= 11 is 4.64. The van der Waals surface area contributed by atoms with Crippen LogP contribution in [0.3, 0.4) is 0 Å². The molecule has 4 nitrogen and oxygen atoms in total. The Balaban J connectivity index is 1.86. The lowest BCUT2D eigenvalue weighted by Crippen LogP contribution is -1.96. The molecule has 20 heavy (non-hydrogen) atoms. The van der Waals surface area contributed by atoms with Crippen molar-refractivity contribution >= 4 is 40.0 Å². The van der Waals surface area contributed by atoms with E-state index < -0.39 is 5.97 Å². The van der Waals surface area contributed by atoms with Gasteiger partial charge in [-0.2, -0.15) is 0 Å². The minimum atomic E-state index is -0.810. The van der Waals surface area contributed by atoms with Gasteiger partial charge >= 0.3 is 5.97 Å². The van der Waals surface area contributed by atoms with Gasteiger partial charge in [-0.3, -0.25) is 4.79 Å². The van der Waals surface area contributed by atoms with Crippen LogP contribution in [0.1, 0.15) is 9.88 Å². The Labute approximate surface area is 127 Å². The Morgan fingerprint density at radius 3 is 2.70 bits per heavy atom. The van der Waals surface area contributed by atoms with Gasteiger partial charge in [0.25, 0.3) is 0 Å². The van der Waals surface area contributed by atoms with Crippen molar-refractivity contribution in [3.63, 3.8) is 0 Å². The van der Waals surface area contributed by atoms with Crippen molar-refractivity contribution in [2.24, 2.45) is 0 Å². The second kappa shape index (κ2) is 5.43. The van der Waals surface area contributed by atoms with Crippen LogP contribution >= 0.6 is 34.0 Å². The zero-order valence-corrected chi connectivity index (χ0v) is 12.9. The first-order valence-electron chi connectivity index (χ1n) is 5.81. The lowest BCUT2D eigenvalue weighted by atomic mass is 10.3. The summed E-state index contributed by atoms with van der Waals surface area (Å²) in [7, 11) is 0. The molecule has 0 atom stereocenters. The minimum absolute atomic E-state index is 0.0624. The number of thiophene rings is 1. The Morgan fingerprint density at radius 2 is 2.00 bits per heavy atom. The summed E-state index contributed by atoms with van der Waals surface area (Å²) in [6, 6.07) is 3.77. The van der Waals surface area contributed by atoms with Crippen LogP contribution < -0.4 is 0 Å². The van der Waals surface area contributed by atoms with E-state index in [2.05, 4.69) is 9.97 Å². The molecule has 0 spiro atoms. The molecule has 0 aliphatic rings. The summed E-state index contributed by atoms with van der Waals surface area (Å²) in [6.45, 7) is 1.97. The number of hydrogen-bond acceptors (Lipinski definition) is 6. The fraction of sp³-hybridized carbons (Fsp3) is 0.154. The molecule has 3 aromatic heterocycles. The number of aryl methyl sites for hydroxylation is 1. The summed E-state index contributed by atoms with van der Waals surface area (Å²) in [5.41, 5.74) is 1.79. The van der Waals surface area contributed by atoms with E-state index in [1.54, 1.807) is 22.7 Å². The van der Waals surface area contributed by atoms with Gasteiger partial charge in [-0.05, 0) is 19.1 Å². The van der Waals surface area contributed by atoms with Crippen LogP contribution in [0.4, 0.5) is 0 Å². The molecule has 0 aromatic carbocycles. The highest BCUT2D eigenvalue weighted by molar-refractivity contribution is 7.17. The highest BCUT2D eigenvalue weighted by Crippen LogP contribution is 2.33. The number of thiazole rings is 2. The Bertz CT molecular complexity index is 757. The van der Waals surface area contributed by atoms with E-state index in [-0.39, 0.29) is 6.42 Å². The van der Waals surface area contributed by atoms with Crippen LogP contribution in [0.2, 0.25) is 0 Å². The van der Waals surface area contributed by atoms with Crippen molar-refractivity contribution in [3.8, 4) is 21.3 Å². The molecule has 0 aliphatic heterocycles. The summed E-state index contributed by atoms with van der Waals surface area (Å²) in [4.78, 5) is 21.5. The van der Waals surface area contributed by atoms with Crippen LogP contribution in [0, 0.1) is 6.92 Å². The fourth-order valence-electron chi connectivity index (χ4n) is 1.73. The maximum atomic E-state index is 10.7. The van der Waals surface area contributed by atoms with Gasteiger partial charge in [0, 0.05) is 15.6 Å². The second-order valence-corrected chi connectivity index (χ2v) is 7.21. The van der Waals surface area contributed by atoms with Gasteiger partial charge < -0.3 is 5.11 Å². The molecule has 1 N–H and O–H groups in total. The number of rotatable bonds is 4. The van der Waals surface area contributed by atoms with Crippen molar-refractivity contribution in [1.82, 2.24) is 9.97 Å². The zero-order chi connectivity index (χ0) is 14.1. The van der Waals surface area contributed by atoms with E-state index in [0.717, 1.165) is 31.2 Å². The van der Waals surface area contributed by atoms with Crippen LogP contribution in [-0.2, 0) is 11.2 Å². The molecule has 0 saturated carbocycles. The van der Waals surface area contributed by atoms with E-state index in [4.69, 9.17) is 5.11 Å². The summed E-state index contributed by atoms with van der Waals surface area (Å²) in [5, 5.41) is 14.7. The van der Waals surface area contributed by atoms with Crippen molar-refractivity contribution in [1.29, 1.82) is 0 Å². The van der Waals surface area contributed by atoms with E-state index >= 15 is 0 Å². The van der Waals surface area contributed by atoms with Crippen molar-refractivity contribution < 1.29 is 9.90 Å². The van der Waals surface area contributed by atoms with Gasteiger partial charge in [0.05, 0.1) is 22.0 Å². The molecule has 102 valence electrons. The number of hydrogen-bond donors (Lipinski definition) is 1. The quantitative estimate of drug-likeness (QED) is 0.790. The third kappa shape index (κ3) is 2.79. The van der Waals surface area contributed by atoms with Crippen LogP contribution in [-0.4, -0.2) is 21.0 Å². The van der Waals surface area contributed by atoms with Gasteiger partial charge in [-0.1, -0.05) is 0 Å². The van der Waals surface area contributed by atoms with Crippen LogP contribution in [0.5, 0.6) is 0 Å². The second-order valence-electron chi connectivity index (χ2n) is 4.13. The first kappa shape index (κ1) is 13.4. The highest BCUT2D eigenvalue weighted by atomic mass is 32.1. The number of aliphatic carboxylic acids is 1. The number of carboxylic acids is 1. The molecule has 0 fully saturated rings. The predicted molar refractivity (Wildman–Crippen MR) is 82.6 cm³/mol. The monoisotopic (exact) mass is 322 g/mol. The molecule has 0 saturated heterocycles. The van der Waals surface area contributed by atoms with Crippen LogP contribution in [0.25, 0.3) is 21.3 Å². The first-order valence-corrected chi connectivity index (χ1v) is 8.38. The molecule has 0 radical (unpaired) electrons. The molecule has 7 heteroatoms. The van der Waals surface area contributed by atoms with Gasteiger partial charge in [0.15, 0.2) is 0 Å². The smallest absolute Gasteiger partial charge is 0.308 e. The summed E-state index contributed by atoms with van der Waals surface area (Å²) in [6.07, 6.45) is 0.0624. The van der Waals surface area contributed by atoms with Gasteiger partial charge in [0.1, 0.15) is 10.7 Å². The number of nitrogens with zero attached hydrogens (tertiary/aromatic N) is 2. The molecule has 3 rings (SSSR count). The maximum absolute atomic E-state index is 10.7. The lowest BCUT2D eigenvalue weighted by Gasteiger charge is -1.90. The molecule has 0 aliphatic carbocycles. The Kier molecular flexibility index (Phi) is 3.64. The topological polar surface area (TPSA) is 63.1 Å². The summed E-state index contributed by atoms with van der Waals surface area (Å²) in [5.74, 6) is -0.810. The number of carbonyl (C=O) groups is 1. The van der Waals surface area contributed by atoms with E-state index in [1.807, 2.05) is 29.8 Å². The average Bonchev–Trinajstić information content (AvgIpc) is 3.06. The molecular weight excluding hydrogens is 312 g/mol. The molecule has 3 heterocycles. The Hall–Kier alpha value is -1.57.